The number of alkyl halides is 3. The Kier molecular flexibility index (Phi) is 1.58. The number of hydrogen-bond donors (Lipinski definition) is 0. The molecular weight excluding hydrogens is 181 g/mol. The van der Waals surface area contributed by atoms with Crippen LogP contribution >= 0.6 is 0 Å². The molecule has 0 radical (unpaired) electrons. The average molecular weight is 186 g/mol. The maximum Gasteiger partial charge on any atom is 0.417 e. The molecule has 13 heavy (non-hydrogen) atoms. The van der Waals surface area contributed by atoms with E-state index >= 15 is 0 Å². The van der Waals surface area contributed by atoms with E-state index in [1.807, 2.05) is 0 Å². The second kappa shape index (κ2) is 2.52. The summed E-state index contributed by atoms with van der Waals surface area (Å²) in [6, 6.07) is 3.98. The summed E-state index contributed by atoms with van der Waals surface area (Å²) in [5.74, 6) is 0. The third-order valence-corrected chi connectivity index (χ3v) is 1.85. The van der Waals surface area contributed by atoms with Crippen molar-refractivity contribution < 1.29 is 17.6 Å². The molecule has 68 valence electrons. The summed E-state index contributed by atoms with van der Waals surface area (Å²) in [7, 11) is 0. The summed E-state index contributed by atoms with van der Waals surface area (Å²) < 4.78 is 41.6. The highest BCUT2D eigenvalue weighted by atomic mass is 19.4. The summed E-state index contributed by atoms with van der Waals surface area (Å²) in [5, 5.41) is 0. The molecule has 0 aromatic heterocycles. The number of halogens is 3. The lowest BCUT2D eigenvalue weighted by molar-refractivity contribution is -0.136. The van der Waals surface area contributed by atoms with Gasteiger partial charge < -0.3 is 4.42 Å². The predicted octanol–water partition coefficient (Wildman–Crippen LogP) is 3.40. The Morgan fingerprint density at radius 1 is 1.08 bits per heavy atom. The lowest BCUT2D eigenvalue weighted by Crippen LogP contribution is -2.04. The monoisotopic (exact) mass is 186 g/mol. The van der Waals surface area contributed by atoms with E-state index in [0.717, 1.165) is 12.3 Å². The second-order valence-corrected chi connectivity index (χ2v) is 2.67. The maximum atomic E-state index is 12.3. The number of fused-ring (bicyclic) bond motifs is 1. The molecule has 1 aliphatic carbocycles. The molecule has 0 amide bonds. The number of hydrogen-bond acceptors (Lipinski definition) is 1. The van der Waals surface area contributed by atoms with Crippen LogP contribution in [0.15, 0.2) is 35.1 Å². The largest absolute Gasteiger partial charge is 0.472 e. The van der Waals surface area contributed by atoms with Crippen LogP contribution in [0.2, 0.25) is 0 Å². The zero-order valence-corrected chi connectivity index (χ0v) is 6.43. The van der Waals surface area contributed by atoms with Crippen molar-refractivity contribution in [1.29, 1.82) is 0 Å². The normalized spacial score (nSPS) is 12.2. The Morgan fingerprint density at radius 3 is 2.54 bits per heavy atom. The first-order valence-electron chi connectivity index (χ1n) is 3.61. The van der Waals surface area contributed by atoms with Crippen LogP contribution in [0, 0.1) is 0 Å². The van der Waals surface area contributed by atoms with Crippen LogP contribution < -0.4 is 0 Å². The molecule has 0 aromatic carbocycles. The summed E-state index contributed by atoms with van der Waals surface area (Å²) in [5.41, 5.74) is 0.000394. The molecule has 0 unspecified atom stereocenters. The highest BCUT2D eigenvalue weighted by Crippen LogP contribution is 2.39. The molecular formula is C9H5F3O. The van der Waals surface area contributed by atoms with Crippen LogP contribution in [0.1, 0.15) is 5.56 Å². The lowest BCUT2D eigenvalue weighted by atomic mass is 10.1. The third kappa shape index (κ3) is 1.28. The van der Waals surface area contributed by atoms with Gasteiger partial charge >= 0.3 is 6.18 Å². The smallest absolute Gasteiger partial charge is 0.417 e. The molecule has 0 bridgehead atoms. The minimum atomic E-state index is -4.31. The van der Waals surface area contributed by atoms with E-state index in [1.165, 1.54) is 18.4 Å². The molecule has 0 saturated heterocycles. The van der Waals surface area contributed by atoms with Crippen LogP contribution in [0.3, 0.4) is 0 Å². The van der Waals surface area contributed by atoms with Gasteiger partial charge in [0.1, 0.15) is 0 Å². The number of rotatable bonds is 0. The van der Waals surface area contributed by atoms with Gasteiger partial charge in [0.25, 0.3) is 0 Å². The highest BCUT2D eigenvalue weighted by molar-refractivity contribution is 5.69. The zero-order valence-electron chi connectivity index (χ0n) is 6.43. The van der Waals surface area contributed by atoms with Crippen molar-refractivity contribution in [2.75, 3.05) is 0 Å². The van der Waals surface area contributed by atoms with Crippen molar-refractivity contribution in [2.24, 2.45) is 0 Å². The summed E-state index contributed by atoms with van der Waals surface area (Å²) >= 11 is 0. The van der Waals surface area contributed by atoms with Crippen LogP contribution in [0.4, 0.5) is 13.2 Å². The van der Waals surface area contributed by atoms with Crippen molar-refractivity contribution in [3.8, 4) is 11.1 Å². The molecule has 1 aliphatic heterocycles. The Bertz CT molecular complexity index is 388. The first-order valence-corrected chi connectivity index (χ1v) is 3.61. The van der Waals surface area contributed by atoms with Gasteiger partial charge in [-0.05, 0) is 17.7 Å². The molecule has 2 aliphatic rings. The Balaban J connectivity index is 2.62. The van der Waals surface area contributed by atoms with Crippen molar-refractivity contribution in [1.82, 2.24) is 0 Å². The zero-order chi connectivity index (χ0) is 9.47. The second-order valence-electron chi connectivity index (χ2n) is 2.67. The quantitative estimate of drug-likeness (QED) is 0.614. The van der Waals surface area contributed by atoms with E-state index < -0.39 is 11.7 Å². The molecule has 0 saturated carbocycles. The SMILES string of the molecule is FC(F)(F)c1ccc2ccocc1-2. The van der Waals surface area contributed by atoms with E-state index in [9.17, 15) is 13.2 Å². The maximum absolute atomic E-state index is 12.3. The minimum Gasteiger partial charge on any atom is -0.472 e. The molecule has 0 aromatic rings. The van der Waals surface area contributed by atoms with E-state index in [4.69, 9.17) is 0 Å². The van der Waals surface area contributed by atoms with E-state index in [-0.39, 0.29) is 5.56 Å². The van der Waals surface area contributed by atoms with Gasteiger partial charge in [-0.1, -0.05) is 6.07 Å². The molecule has 0 N–H and O–H groups in total. The van der Waals surface area contributed by atoms with Crippen molar-refractivity contribution >= 4 is 0 Å². The van der Waals surface area contributed by atoms with Gasteiger partial charge in [0.15, 0.2) is 0 Å². The molecule has 0 atom stereocenters. The van der Waals surface area contributed by atoms with Gasteiger partial charge in [0, 0.05) is 5.56 Å². The van der Waals surface area contributed by atoms with Crippen LogP contribution in [0.5, 0.6) is 0 Å². The Hall–Kier alpha value is -1.45. The molecule has 0 fully saturated rings. The third-order valence-electron chi connectivity index (χ3n) is 1.85. The lowest BCUT2D eigenvalue weighted by Gasteiger charge is -2.06. The Morgan fingerprint density at radius 2 is 1.85 bits per heavy atom. The fourth-order valence-corrected chi connectivity index (χ4v) is 1.25. The van der Waals surface area contributed by atoms with Crippen molar-refractivity contribution in [3.05, 3.63) is 36.3 Å². The van der Waals surface area contributed by atoms with Crippen molar-refractivity contribution in [3.63, 3.8) is 0 Å². The predicted molar refractivity (Wildman–Crippen MR) is 40.3 cm³/mol. The van der Waals surface area contributed by atoms with Crippen LogP contribution in [-0.2, 0) is 6.18 Å². The molecule has 4 heteroatoms. The highest BCUT2D eigenvalue weighted by Gasteiger charge is 2.34. The van der Waals surface area contributed by atoms with Crippen molar-refractivity contribution in [2.45, 2.75) is 6.18 Å². The van der Waals surface area contributed by atoms with Gasteiger partial charge in [-0.25, -0.2) is 0 Å². The molecule has 2 rings (SSSR count). The standard InChI is InChI=1S/C9H5F3O/c10-9(11,12)8-2-1-6-3-4-13-5-7(6)8/h1-5H. The van der Waals surface area contributed by atoms with Gasteiger partial charge in [-0.3, -0.25) is 0 Å². The van der Waals surface area contributed by atoms with Gasteiger partial charge in [0.2, 0.25) is 0 Å². The molecule has 0 spiro atoms. The summed E-state index contributed by atoms with van der Waals surface area (Å²) in [6.07, 6.45) is -1.85. The Labute approximate surface area is 72.1 Å². The summed E-state index contributed by atoms with van der Waals surface area (Å²) in [4.78, 5) is 0. The van der Waals surface area contributed by atoms with Crippen LogP contribution in [0.25, 0.3) is 11.1 Å². The van der Waals surface area contributed by atoms with Gasteiger partial charge in [-0.2, -0.15) is 13.2 Å². The minimum absolute atomic E-state index is 0.106. The fraction of sp³-hybridized carbons (Fsp3) is 0.111. The first kappa shape index (κ1) is 8.16. The molecule has 1 nitrogen and oxygen atoms in total. The van der Waals surface area contributed by atoms with Gasteiger partial charge in [0.05, 0.1) is 18.1 Å². The van der Waals surface area contributed by atoms with Crippen LogP contribution in [-0.4, -0.2) is 0 Å². The average Bonchev–Trinajstić information content (AvgIpc) is 2.45. The fourth-order valence-electron chi connectivity index (χ4n) is 1.25. The van der Waals surface area contributed by atoms with Gasteiger partial charge in [-0.15, -0.1) is 0 Å². The van der Waals surface area contributed by atoms with E-state index in [0.29, 0.717) is 5.56 Å². The summed E-state index contributed by atoms with van der Waals surface area (Å²) in [6.45, 7) is 0. The first-order chi connectivity index (χ1) is 6.09. The van der Waals surface area contributed by atoms with E-state index in [2.05, 4.69) is 4.42 Å². The van der Waals surface area contributed by atoms with E-state index in [1.54, 1.807) is 0 Å². The molecule has 1 heterocycles. The topological polar surface area (TPSA) is 13.1 Å².